The lowest BCUT2D eigenvalue weighted by Crippen LogP contribution is -2.35. The van der Waals surface area contributed by atoms with Gasteiger partial charge in [-0.15, -0.1) is 0 Å². The molecule has 1 heteroatoms. The van der Waals surface area contributed by atoms with Crippen molar-refractivity contribution in [1.29, 1.82) is 0 Å². The number of hydrogen-bond donors (Lipinski definition) is 1. The van der Waals surface area contributed by atoms with E-state index in [-0.39, 0.29) is 0 Å². The first-order valence-corrected chi connectivity index (χ1v) is 7.26. The lowest BCUT2D eigenvalue weighted by atomic mass is 9.75. The molecular weight excluding hydrogens is 218 g/mol. The van der Waals surface area contributed by atoms with Crippen LogP contribution >= 0.6 is 0 Å². The summed E-state index contributed by atoms with van der Waals surface area (Å²) in [6, 6.07) is 7.46. The Labute approximate surface area is 112 Å². The SMILES string of the molecule is Cc1ccc(C)c(CNC2CCC(C)(C)CC2)c1. The molecule has 1 aromatic carbocycles. The maximum absolute atomic E-state index is 3.74. The Hall–Kier alpha value is -0.820. The number of benzene rings is 1. The van der Waals surface area contributed by atoms with Gasteiger partial charge in [0.2, 0.25) is 0 Å². The molecule has 1 nitrogen and oxygen atoms in total. The minimum Gasteiger partial charge on any atom is -0.310 e. The molecule has 0 radical (unpaired) electrons. The molecule has 18 heavy (non-hydrogen) atoms. The van der Waals surface area contributed by atoms with Crippen LogP contribution in [-0.2, 0) is 6.54 Å². The summed E-state index contributed by atoms with van der Waals surface area (Å²) in [7, 11) is 0. The van der Waals surface area contributed by atoms with E-state index >= 15 is 0 Å². The molecule has 1 aromatic rings. The van der Waals surface area contributed by atoms with E-state index in [0.717, 1.165) is 12.6 Å². The van der Waals surface area contributed by atoms with E-state index in [1.807, 2.05) is 0 Å². The highest BCUT2D eigenvalue weighted by Crippen LogP contribution is 2.35. The molecule has 1 aliphatic rings. The van der Waals surface area contributed by atoms with Gasteiger partial charge in [-0.1, -0.05) is 37.6 Å². The van der Waals surface area contributed by atoms with Crippen molar-refractivity contribution in [3.63, 3.8) is 0 Å². The zero-order chi connectivity index (χ0) is 13.2. The second-order valence-corrected chi connectivity index (χ2v) is 6.75. The fraction of sp³-hybridized carbons (Fsp3) is 0.647. The van der Waals surface area contributed by atoms with Crippen molar-refractivity contribution in [3.8, 4) is 0 Å². The molecule has 100 valence electrons. The third-order valence-electron chi connectivity index (χ3n) is 4.42. The zero-order valence-electron chi connectivity index (χ0n) is 12.3. The predicted octanol–water partition coefficient (Wildman–Crippen LogP) is 4.36. The van der Waals surface area contributed by atoms with Gasteiger partial charge in [0.05, 0.1) is 0 Å². The molecule has 0 spiro atoms. The molecule has 0 aromatic heterocycles. The van der Waals surface area contributed by atoms with Crippen LogP contribution in [0.2, 0.25) is 0 Å². The first kappa shape index (κ1) is 13.6. The molecule has 1 saturated carbocycles. The summed E-state index contributed by atoms with van der Waals surface area (Å²) in [5.41, 5.74) is 4.79. The first-order chi connectivity index (χ1) is 8.46. The largest absolute Gasteiger partial charge is 0.310 e. The molecule has 0 unspecified atom stereocenters. The molecule has 0 saturated heterocycles. The average molecular weight is 245 g/mol. The fourth-order valence-corrected chi connectivity index (χ4v) is 2.85. The Morgan fingerprint density at radius 1 is 1.17 bits per heavy atom. The van der Waals surface area contributed by atoms with E-state index in [2.05, 4.69) is 51.2 Å². The number of rotatable bonds is 3. The molecule has 1 fully saturated rings. The van der Waals surface area contributed by atoms with Gasteiger partial charge in [0.15, 0.2) is 0 Å². The topological polar surface area (TPSA) is 12.0 Å². The monoisotopic (exact) mass is 245 g/mol. The van der Waals surface area contributed by atoms with Crippen LogP contribution in [0.5, 0.6) is 0 Å². The Bertz CT molecular complexity index is 396. The van der Waals surface area contributed by atoms with Crippen molar-refractivity contribution in [3.05, 3.63) is 34.9 Å². The van der Waals surface area contributed by atoms with E-state index in [0.29, 0.717) is 5.41 Å². The summed E-state index contributed by atoms with van der Waals surface area (Å²) in [6.07, 6.45) is 5.38. The zero-order valence-corrected chi connectivity index (χ0v) is 12.3. The summed E-state index contributed by atoms with van der Waals surface area (Å²) >= 11 is 0. The van der Waals surface area contributed by atoms with Gasteiger partial charge in [0.1, 0.15) is 0 Å². The van der Waals surface area contributed by atoms with Gasteiger partial charge < -0.3 is 5.32 Å². The second kappa shape index (κ2) is 5.44. The van der Waals surface area contributed by atoms with Gasteiger partial charge in [0.25, 0.3) is 0 Å². The Balaban J connectivity index is 1.87. The summed E-state index contributed by atoms with van der Waals surface area (Å²) in [5, 5.41) is 3.74. The van der Waals surface area contributed by atoms with Gasteiger partial charge in [-0.3, -0.25) is 0 Å². The third kappa shape index (κ3) is 3.58. The van der Waals surface area contributed by atoms with Crippen LogP contribution in [0.3, 0.4) is 0 Å². The van der Waals surface area contributed by atoms with E-state index in [1.54, 1.807) is 0 Å². The quantitative estimate of drug-likeness (QED) is 0.834. The van der Waals surface area contributed by atoms with Crippen LogP contribution in [-0.4, -0.2) is 6.04 Å². The molecule has 2 rings (SSSR count). The molecule has 0 aliphatic heterocycles. The summed E-state index contributed by atoms with van der Waals surface area (Å²) in [4.78, 5) is 0. The highest BCUT2D eigenvalue weighted by molar-refractivity contribution is 5.30. The molecule has 0 bridgehead atoms. The first-order valence-electron chi connectivity index (χ1n) is 7.26. The minimum absolute atomic E-state index is 0.567. The molecule has 1 N–H and O–H groups in total. The van der Waals surface area contributed by atoms with Crippen molar-refractivity contribution >= 4 is 0 Å². The predicted molar refractivity (Wildman–Crippen MR) is 78.8 cm³/mol. The van der Waals surface area contributed by atoms with Gasteiger partial charge in [-0.25, -0.2) is 0 Å². The molecule has 0 heterocycles. The van der Waals surface area contributed by atoms with Crippen LogP contribution in [0.1, 0.15) is 56.2 Å². The number of hydrogen-bond acceptors (Lipinski definition) is 1. The Morgan fingerprint density at radius 2 is 1.83 bits per heavy atom. The number of nitrogens with one attached hydrogen (secondary N) is 1. The van der Waals surface area contributed by atoms with E-state index in [9.17, 15) is 0 Å². The van der Waals surface area contributed by atoms with Crippen LogP contribution in [0, 0.1) is 19.3 Å². The standard InChI is InChI=1S/C17H27N/c1-13-5-6-14(2)15(11-13)12-18-16-7-9-17(3,4)10-8-16/h5-6,11,16,18H,7-10,12H2,1-4H3. The van der Waals surface area contributed by atoms with Crippen molar-refractivity contribution in [1.82, 2.24) is 5.32 Å². The van der Waals surface area contributed by atoms with E-state index in [4.69, 9.17) is 0 Å². The smallest absolute Gasteiger partial charge is 0.0210 e. The van der Waals surface area contributed by atoms with Crippen molar-refractivity contribution in [2.75, 3.05) is 0 Å². The summed E-state index contributed by atoms with van der Waals surface area (Å²) < 4.78 is 0. The highest BCUT2D eigenvalue weighted by atomic mass is 14.9. The van der Waals surface area contributed by atoms with E-state index < -0.39 is 0 Å². The Kier molecular flexibility index (Phi) is 4.11. The van der Waals surface area contributed by atoms with Crippen molar-refractivity contribution < 1.29 is 0 Å². The second-order valence-electron chi connectivity index (χ2n) is 6.75. The molecule has 1 aliphatic carbocycles. The maximum atomic E-state index is 3.74. The third-order valence-corrected chi connectivity index (χ3v) is 4.42. The van der Waals surface area contributed by atoms with Crippen LogP contribution < -0.4 is 5.32 Å². The minimum atomic E-state index is 0.567. The van der Waals surface area contributed by atoms with Gasteiger partial charge in [-0.05, 0) is 56.1 Å². The van der Waals surface area contributed by atoms with Gasteiger partial charge in [-0.2, -0.15) is 0 Å². The average Bonchev–Trinajstić information content (AvgIpc) is 2.32. The molecular formula is C17H27N. The van der Waals surface area contributed by atoms with Gasteiger partial charge >= 0.3 is 0 Å². The summed E-state index contributed by atoms with van der Waals surface area (Å²) in [5.74, 6) is 0. The molecule has 0 atom stereocenters. The maximum Gasteiger partial charge on any atom is 0.0210 e. The van der Waals surface area contributed by atoms with Crippen LogP contribution in [0.25, 0.3) is 0 Å². The Morgan fingerprint density at radius 3 is 2.50 bits per heavy atom. The van der Waals surface area contributed by atoms with Gasteiger partial charge in [0, 0.05) is 12.6 Å². The molecule has 0 amide bonds. The lowest BCUT2D eigenvalue weighted by molar-refractivity contribution is 0.206. The van der Waals surface area contributed by atoms with Crippen molar-refractivity contribution in [2.45, 2.75) is 66.0 Å². The number of aryl methyl sites for hydroxylation is 2. The van der Waals surface area contributed by atoms with Crippen molar-refractivity contribution in [2.24, 2.45) is 5.41 Å². The summed E-state index contributed by atoms with van der Waals surface area (Å²) in [6.45, 7) is 10.2. The van der Waals surface area contributed by atoms with Crippen LogP contribution in [0.15, 0.2) is 18.2 Å². The van der Waals surface area contributed by atoms with E-state index in [1.165, 1.54) is 42.4 Å². The van der Waals surface area contributed by atoms with Crippen LogP contribution in [0.4, 0.5) is 0 Å². The highest BCUT2D eigenvalue weighted by Gasteiger charge is 2.26. The lowest BCUT2D eigenvalue weighted by Gasteiger charge is -2.34. The normalized spacial score (nSPS) is 20.0. The fourth-order valence-electron chi connectivity index (χ4n) is 2.85.